The highest BCUT2D eigenvalue weighted by Gasteiger charge is 2.16. The smallest absolute Gasteiger partial charge is 0.220 e. The molecule has 1 heterocycles. The molecule has 0 saturated heterocycles. The number of rotatable bonds is 5. The molecule has 1 amide bonds. The van der Waals surface area contributed by atoms with Crippen LogP contribution in [0.15, 0.2) is 48.5 Å². The van der Waals surface area contributed by atoms with Crippen LogP contribution in [0.25, 0.3) is 0 Å². The normalized spacial score (nSPS) is 14.1. The van der Waals surface area contributed by atoms with Crippen LogP contribution in [0.3, 0.4) is 0 Å². The first kappa shape index (κ1) is 15.4. The first-order valence-electron chi connectivity index (χ1n) is 7.92. The highest BCUT2D eigenvalue weighted by atomic mass is 16.6. The number of amides is 1. The molecular formula is C19H21NO3. The van der Waals surface area contributed by atoms with E-state index in [9.17, 15) is 4.79 Å². The van der Waals surface area contributed by atoms with E-state index in [4.69, 9.17) is 9.47 Å². The molecule has 4 heteroatoms. The van der Waals surface area contributed by atoms with E-state index in [0.717, 1.165) is 22.6 Å². The van der Waals surface area contributed by atoms with Gasteiger partial charge in [0.25, 0.3) is 0 Å². The van der Waals surface area contributed by atoms with Crippen LogP contribution < -0.4 is 14.8 Å². The second-order valence-corrected chi connectivity index (χ2v) is 5.77. The quantitative estimate of drug-likeness (QED) is 0.922. The van der Waals surface area contributed by atoms with Gasteiger partial charge in [0.15, 0.2) is 11.5 Å². The molecule has 0 bridgehead atoms. The van der Waals surface area contributed by atoms with Crippen molar-refractivity contribution in [1.82, 2.24) is 5.32 Å². The zero-order valence-electron chi connectivity index (χ0n) is 13.2. The van der Waals surface area contributed by atoms with Gasteiger partial charge in [-0.1, -0.05) is 43.3 Å². The van der Waals surface area contributed by atoms with Gasteiger partial charge in [-0.3, -0.25) is 4.79 Å². The van der Waals surface area contributed by atoms with E-state index in [0.29, 0.717) is 26.2 Å². The van der Waals surface area contributed by atoms with E-state index in [1.807, 2.05) is 55.5 Å². The summed E-state index contributed by atoms with van der Waals surface area (Å²) in [6, 6.07) is 15.8. The van der Waals surface area contributed by atoms with Gasteiger partial charge in [0.2, 0.25) is 5.91 Å². The Hall–Kier alpha value is -2.49. The van der Waals surface area contributed by atoms with Crippen LogP contribution in [0.4, 0.5) is 0 Å². The summed E-state index contributed by atoms with van der Waals surface area (Å²) in [6.07, 6.45) is 0.451. The molecule has 0 fully saturated rings. The maximum absolute atomic E-state index is 12.1. The summed E-state index contributed by atoms with van der Waals surface area (Å²) in [5.74, 6) is 1.73. The van der Waals surface area contributed by atoms with Gasteiger partial charge in [0.1, 0.15) is 13.2 Å². The predicted octanol–water partition coefficient (Wildman–Crippen LogP) is 3.27. The molecule has 4 nitrogen and oxygen atoms in total. The van der Waals surface area contributed by atoms with Crippen molar-refractivity contribution in [2.75, 3.05) is 13.2 Å². The van der Waals surface area contributed by atoms with Gasteiger partial charge in [-0.2, -0.15) is 0 Å². The van der Waals surface area contributed by atoms with Crippen molar-refractivity contribution in [1.29, 1.82) is 0 Å². The lowest BCUT2D eigenvalue weighted by molar-refractivity contribution is -0.121. The van der Waals surface area contributed by atoms with E-state index in [1.54, 1.807) is 0 Å². The SMILES string of the molecule is CC(CC(=O)NCc1ccccc1)c1ccc2c(c1)OCCO2. The average Bonchev–Trinajstić information content (AvgIpc) is 2.60. The standard InChI is InChI=1S/C19H21NO3/c1-14(11-19(21)20-13-15-5-3-2-4-6-15)16-7-8-17-18(12-16)23-10-9-22-17/h2-8,12,14H,9-11,13H2,1H3,(H,20,21). The number of hydrogen-bond acceptors (Lipinski definition) is 3. The third-order valence-corrected chi connectivity index (χ3v) is 3.96. The summed E-state index contributed by atoms with van der Waals surface area (Å²) >= 11 is 0. The Morgan fingerprint density at radius 1 is 1.09 bits per heavy atom. The van der Waals surface area contributed by atoms with Gasteiger partial charge in [-0.05, 0) is 29.2 Å². The third kappa shape index (κ3) is 4.03. The van der Waals surface area contributed by atoms with Crippen molar-refractivity contribution in [3.8, 4) is 11.5 Å². The largest absolute Gasteiger partial charge is 0.486 e. The van der Waals surface area contributed by atoms with E-state index in [-0.39, 0.29) is 11.8 Å². The van der Waals surface area contributed by atoms with Crippen LogP contribution in [0, 0.1) is 0 Å². The Morgan fingerprint density at radius 2 is 1.83 bits per heavy atom. The summed E-state index contributed by atoms with van der Waals surface area (Å²) in [4.78, 5) is 12.1. The lowest BCUT2D eigenvalue weighted by Crippen LogP contribution is -2.24. The molecule has 0 radical (unpaired) electrons. The van der Waals surface area contributed by atoms with Crippen molar-refractivity contribution in [3.05, 3.63) is 59.7 Å². The molecule has 0 aliphatic carbocycles. The Labute approximate surface area is 136 Å². The predicted molar refractivity (Wildman–Crippen MR) is 88.8 cm³/mol. The van der Waals surface area contributed by atoms with Gasteiger partial charge >= 0.3 is 0 Å². The minimum Gasteiger partial charge on any atom is -0.486 e. The Bertz CT molecular complexity index is 670. The molecule has 1 N–H and O–H groups in total. The monoisotopic (exact) mass is 311 g/mol. The molecule has 1 aliphatic rings. The van der Waals surface area contributed by atoms with E-state index < -0.39 is 0 Å². The number of nitrogens with one attached hydrogen (secondary N) is 1. The number of carbonyl (C=O) groups is 1. The highest BCUT2D eigenvalue weighted by Crippen LogP contribution is 2.33. The second kappa shape index (κ2) is 7.18. The molecule has 120 valence electrons. The van der Waals surface area contributed by atoms with Crippen LogP contribution in [-0.4, -0.2) is 19.1 Å². The number of carbonyl (C=O) groups excluding carboxylic acids is 1. The van der Waals surface area contributed by atoms with Crippen molar-refractivity contribution in [2.24, 2.45) is 0 Å². The summed E-state index contributed by atoms with van der Waals surface area (Å²) in [5.41, 5.74) is 2.19. The summed E-state index contributed by atoms with van der Waals surface area (Å²) in [6.45, 7) is 3.77. The lowest BCUT2D eigenvalue weighted by Gasteiger charge is -2.20. The van der Waals surface area contributed by atoms with Crippen molar-refractivity contribution in [2.45, 2.75) is 25.8 Å². The number of hydrogen-bond donors (Lipinski definition) is 1. The Kier molecular flexibility index (Phi) is 4.81. The Morgan fingerprint density at radius 3 is 2.61 bits per heavy atom. The van der Waals surface area contributed by atoms with Gasteiger partial charge in [-0.15, -0.1) is 0 Å². The molecule has 3 rings (SSSR count). The average molecular weight is 311 g/mol. The second-order valence-electron chi connectivity index (χ2n) is 5.77. The first-order valence-corrected chi connectivity index (χ1v) is 7.92. The fourth-order valence-corrected chi connectivity index (χ4v) is 2.63. The van der Waals surface area contributed by atoms with Crippen LogP contribution in [0.1, 0.15) is 30.4 Å². The van der Waals surface area contributed by atoms with Gasteiger partial charge in [-0.25, -0.2) is 0 Å². The fourth-order valence-electron chi connectivity index (χ4n) is 2.63. The van der Waals surface area contributed by atoms with Crippen molar-refractivity contribution in [3.63, 3.8) is 0 Å². The van der Waals surface area contributed by atoms with E-state index in [1.165, 1.54) is 0 Å². The first-order chi connectivity index (χ1) is 11.2. The topological polar surface area (TPSA) is 47.6 Å². The third-order valence-electron chi connectivity index (χ3n) is 3.96. The highest BCUT2D eigenvalue weighted by molar-refractivity contribution is 5.76. The molecule has 2 aromatic rings. The number of ether oxygens (including phenoxy) is 2. The maximum atomic E-state index is 12.1. The minimum absolute atomic E-state index is 0.0521. The molecule has 1 unspecified atom stereocenters. The number of benzene rings is 2. The molecule has 1 aliphatic heterocycles. The summed E-state index contributed by atoms with van der Waals surface area (Å²) < 4.78 is 11.1. The van der Waals surface area contributed by atoms with Crippen LogP contribution in [-0.2, 0) is 11.3 Å². The number of fused-ring (bicyclic) bond motifs is 1. The molecule has 0 spiro atoms. The Balaban J connectivity index is 1.56. The van der Waals surface area contributed by atoms with Crippen LogP contribution >= 0.6 is 0 Å². The van der Waals surface area contributed by atoms with Crippen molar-refractivity contribution < 1.29 is 14.3 Å². The molecule has 2 aromatic carbocycles. The van der Waals surface area contributed by atoms with Crippen molar-refractivity contribution >= 4 is 5.91 Å². The molecule has 0 saturated carbocycles. The minimum atomic E-state index is 0.0521. The molecule has 0 aromatic heterocycles. The molecule has 1 atom stereocenters. The van der Waals surface area contributed by atoms with Crippen LogP contribution in [0.5, 0.6) is 11.5 Å². The molecular weight excluding hydrogens is 290 g/mol. The zero-order valence-corrected chi connectivity index (χ0v) is 13.2. The van der Waals surface area contributed by atoms with Gasteiger partial charge < -0.3 is 14.8 Å². The molecule has 23 heavy (non-hydrogen) atoms. The van der Waals surface area contributed by atoms with Gasteiger partial charge in [0.05, 0.1) is 0 Å². The zero-order chi connectivity index (χ0) is 16.1. The van der Waals surface area contributed by atoms with E-state index in [2.05, 4.69) is 5.32 Å². The fraction of sp³-hybridized carbons (Fsp3) is 0.316. The lowest BCUT2D eigenvalue weighted by atomic mass is 9.97. The van der Waals surface area contributed by atoms with E-state index >= 15 is 0 Å². The maximum Gasteiger partial charge on any atom is 0.220 e. The summed E-state index contributed by atoms with van der Waals surface area (Å²) in [5, 5.41) is 2.97. The summed E-state index contributed by atoms with van der Waals surface area (Å²) in [7, 11) is 0. The van der Waals surface area contributed by atoms with Gasteiger partial charge in [0, 0.05) is 13.0 Å². The van der Waals surface area contributed by atoms with Crippen LogP contribution in [0.2, 0.25) is 0 Å².